The van der Waals surface area contributed by atoms with Gasteiger partial charge in [-0.1, -0.05) is 76.3 Å². The Balaban J connectivity index is 1.79. The Bertz CT molecular complexity index is 734. The number of hydrogen-bond donors (Lipinski definition) is 1. The second-order valence-corrected chi connectivity index (χ2v) is 8.82. The van der Waals surface area contributed by atoms with E-state index in [2.05, 4.69) is 12.2 Å². The molecule has 1 aliphatic carbocycles. The first-order valence-electron chi connectivity index (χ1n) is 11.8. The van der Waals surface area contributed by atoms with Crippen LogP contribution in [-0.4, -0.2) is 24.3 Å². The number of esters is 1. The molecule has 1 amide bonds. The molecule has 1 aromatic carbocycles. The molecule has 0 radical (unpaired) electrons. The van der Waals surface area contributed by atoms with Crippen LogP contribution in [0.4, 0.5) is 5.69 Å². The van der Waals surface area contributed by atoms with E-state index in [4.69, 9.17) is 16.3 Å². The molecular weight excluding hydrogens is 414 g/mol. The summed E-state index contributed by atoms with van der Waals surface area (Å²) in [5, 5.41) is 3.07. The summed E-state index contributed by atoms with van der Waals surface area (Å²) < 4.78 is 5.37. The topological polar surface area (TPSA) is 72.5 Å². The van der Waals surface area contributed by atoms with Gasteiger partial charge in [0.05, 0.1) is 28.8 Å². The average Bonchev–Trinajstić information content (AvgIpc) is 2.98. The highest BCUT2D eigenvalue weighted by Crippen LogP contribution is 2.26. The number of Topliss-reactive ketones (excluding diaryl/α,β-unsaturated/α-hetero) is 1. The van der Waals surface area contributed by atoms with Gasteiger partial charge in [0.15, 0.2) is 0 Å². The highest BCUT2D eigenvalue weighted by Gasteiger charge is 2.28. The lowest BCUT2D eigenvalue weighted by Gasteiger charge is -2.15. The molecule has 1 fully saturated rings. The molecule has 0 heterocycles. The molecule has 1 aromatic rings. The van der Waals surface area contributed by atoms with Crippen LogP contribution in [0.5, 0.6) is 0 Å². The maximum atomic E-state index is 12.6. The first-order valence-corrected chi connectivity index (χ1v) is 12.2. The summed E-state index contributed by atoms with van der Waals surface area (Å²) in [4.78, 5) is 37.2. The van der Waals surface area contributed by atoms with Crippen molar-refractivity contribution < 1.29 is 19.1 Å². The van der Waals surface area contributed by atoms with Crippen LogP contribution in [0, 0.1) is 5.92 Å². The van der Waals surface area contributed by atoms with Crippen molar-refractivity contribution in [3.05, 3.63) is 28.8 Å². The van der Waals surface area contributed by atoms with Gasteiger partial charge in [0.2, 0.25) is 5.91 Å². The largest absolute Gasteiger partial charge is 0.462 e. The monoisotopic (exact) mass is 449 g/mol. The molecular formula is C25H36ClNO4. The molecule has 0 saturated heterocycles. The minimum Gasteiger partial charge on any atom is -0.462 e. The molecule has 0 aromatic heterocycles. The number of anilines is 1. The van der Waals surface area contributed by atoms with Crippen LogP contribution >= 0.6 is 11.6 Å². The predicted molar refractivity (Wildman–Crippen MR) is 125 cm³/mol. The van der Waals surface area contributed by atoms with Crippen molar-refractivity contribution in [3.8, 4) is 0 Å². The number of carbonyl (C=O) groups is 3. The molecule has 5 nitrogen and oxygen atoms in total. The van der Waals surface area contributed by atoms with E-state index in [-0.39, 0.29) is 11.7 Å². The smallest absolute Gasteiger partial charge is 0.338 e. The highest BCUT2D eigenvalue weighted by molar-refractivity contribution is 6.34. The number of hydrogen-bond acceptors (Lipinski definition) is 4. The first kappa shape index (κ1) is 25.4. The fraction of sp³-hybridized carbons (Fsp3) is 0.640. The Labute approximate surface area is 191 Å². The summed E-state index contributed by atoms with van der Waals surface area (Å²) in [6, 6.07) is 4.68. The lowest BCUT2D eigenvalue weighted by atomic mass is 9.98. The molecule has 1 N–H and O–H groups in total. The first-order chi connectivity index (χ1) is 15.0. The van der Waals surface area contributed by atoms with Crippen LogP contribution in [0.25, 0.3) is 0 Å². The van der Waals surface area contributed by atoms with Gasteiger partial charge in [0.25, 0.3) is 0 Å². The van der Waals surface area contributed by atoms with Gasteiger partial charge >= 0.3 is 5.97 Å². The van der Waals surface area contributed by atoms with Gasteiger partial charge in [-0.25, -0.2) is 4.79 Å². The van der Waals surface area contributed by atoms with Crippen LogP contribution in [0.15, 0.2) is 18.2 Å². The normalized spacial score (nSPS) is 16.6. The molecule has 0 spiro atoms. The molecule has 1 aliphatic rings. The molecule has 1 atom stereocenters. The van der Waals surface area contributed by atoms with Crippen molar-refractivity contribution in [1.82, 2.24) is 0 Å². The van der Waals surface area contributed by atoms with Gasteiger partial charge < -0.3 is 10.1 Å². The summed E-state index contributed by atoms with van der Waals surface area (Å²) in [6.07, 6.45) is 13.1. The molecule has 0 bridgehead atoms. The van der Waals surface area contributed by atoms with Crippen molar-refractivity contribution in [1.29, 1.82) is 0 Å². The number of halogens is 1. The van der Waals surface area contributed by atoms with Crippen molar-refractivity contribution >= 4 is 34.9 Å². The van der Waals surface area contributed by atoms with E-state index >= 15 is 0 Å². The van der Waals surface area contributed by atoms with Crippen molar-refractivity contribution in [2.24, 2.45) is 5.92 Å². The maximum Gasteiger partial charge on any atom is 0.338 e. The molecule has 1 unspecified atom stereocenters. The summed E-state index contributed by atoms with van der Waals surface area (Å²) >= 11 is 6.21. The Morgan fingerprint density at radius 3 is 2.48 bits per heavy atom. The Morgan fingerprint density at radius 1 is 1.03 bits per heavy atom. The van der Waals surface area contributed by atoms with E-state index in [0.717, 1.165) is 38.5 Å². The Kier molecular flexibility index (Phi) is 11.7. The minimum atomic E-state index is -0.642. The lowest BCUT2D eigenvalue weighted by molar-refractivity contribution is -0.131. The average molecular weight is 450 g/mol. The van der Waals surface area contributed by atoms with Crippen LogP contribution in [0.2, 0.25) is 5.02 Å². The van der Waals surface area contributed by atoms with E-state index < -0.39 is 11.9 Å². The molecule has 2 rings (SSSR count). The Hall–Kier alpha value is -1.88. The maximum absolute atomic E-state index is 12.6. The van der Waals surface area contributed by atoms with E-state index in [1.807, 2.05) is 0 Å². The predicted octanol–water partition coefficient (Wildman–Crippen LogP) is 6.73. The van der Waals surface area contributed by atoms with E-state index in [1.54, 1.807) is 12.1 Å². The minimum absolute atomic E-state index is 0.0212. The van der Waals surface area contributed by atoms with Crippen molar-refractivity contribution in [2.75, 3.05) is 11.9 Å². The van der Waals surface area contributed by atoms with Gasteiger partial charge in [-0.2, -0.15) is 0 Å². The zero-order chi connectivity index (χ0) is 22.5. The molecule has 1 saturated carbocycles. The second kappa shape index (κ2) is 14.2. The summed E-state index contributed by atoms with van der Waals surface area (Å²) in [5.74, 6) is -1.44. The van der Waals surface area contributed by atoms with Gasteiger partial charge in [-0.3, -0.25) is 9.59 Å². The zero-order valence-corrected chi connectivity index (χ0v) is 19.5. The standard InChI is InChI=1S/C25H36ClNO4/c1-2-3-4-5-6-7-8-12-17-31-25(30)19-15-16-21(26)22(18-19)27-24(29)20-13-10-9-11-14-23(20)28/h15-16,18,20H,2-14,17H2,1H3,(H,27,29). The van der Waals surface area contributed by atoms with Crippen molar-refractivity contribution in [3.63, 3.8) is 0 Å². The zero-order valence-electron chi connectivity index (χ0n) is 18.7. The molecule has 31 heavy (non-hydrogen) atoms. The number of unbranched alkanes of at least 4 members (excludes halogenated alkanes) is 7. The fourth-order valence-corrected chi connectivity index (χ4v) is 4.05. The fourth-order valence-electron chi connectivity index (χ4n) is 3.89. The van der Waals surface area contributed by atoms with Gasteiger partial charge in [-0.15, -0.1) is 0 Å². The number of amides is 1. The van der Waals surface area contributed by atoms with E-state index in [1.165, 1.54) is 38.2 Å². The van der Waals surface area contributed by atoms with Gasteiger partial charge in [0, 0.05) is 6.42 Å². The number of carbonyl (C=O) groups excluding carboxylic acids is 3. The van der Waals surface area contributed by atoms with Crippen molar-refractivity contribution in [2.45, 2.75) is 90.4 Å². The van der Waals surface area contributed by atoms with Crippen LogP contribution in [0.1, 0.15) is 101 Å². The van der Waals surface area contributed by atoms with Crippen LogP contribution in [-0.2, 0) is 14.3 Å². The number of ketones is 1. The summed E-state index contributed by atoms with van der Waals surface area (Å²) in [7, 11) is 0. The highest BCUT2D eigenvalue weighted by atomic mass is 35.5. The third-order valence-electron chi connectivity index (χ3n) is 5.81. The van der Waals surface area contributed by atoms with Gasteiger partial charge in [0.1, 0.15) is 5.78 Å². The SMILES string of the molecule is CCCCCCCCCCOC(=O)c1ccc(Cl)c(NC(=O)C2CCCCCC2=O)c1. The number of benzene rings is 1. The van der Waals surface area contributed by atoms with E-state index in [0.29, 0.717) is 35.7 Å². The molecule has 0 aliphatic heterocycles. The van der Waals surface area contributed by atoms with Crippen LogP contribution < -0.4 is 5.32 Å². The van der Waals surface area contributed by atoms with E-state index in [9.17, 15) is 14.4 Å². The second-order valence-electron chi connectivity index (χ2n) is 8.41. The quantitative estimate of drug-likeness (QED) is 0.166. The lowest BCUT2D eigenvalue weighted by Crippen LogP contribution is -2.29. The molecule has 6 heteroatoms. The third-order valence-corrected chi connectivity index (χ3v) is 6.14. The number of nitrogens with one attached hydrogen (secondary N) is 1. The third kappa shape index (κ3) is 9.02. The summed E-state index contributed by atoms with van der Waals surface area (Å²) in [6.45, 7) is 2.60. The van der Waals surface area contributed by atoms with Crippen LogP contribution in [0.3, 0.4) is 0 Å². The Morgan fingerprint density at radius 2 is 1.74 bits per heavy atom. The van der Waals surface area contributed by atoms with Gasteiger partial charge in [-0.05, 0) is 37.5 Å². The molecule has 172 valence electrons. The number of ether oxygens (including phenoxy) is 1. The number of rotatable bonds is 12. The summed E-state index contributed by atoms with van der Waals surface area (Å²) in [5.41, 5.74) is 0.678.